The van der Waals surface area contributed by atoms with E-state index in [-0.39, 0.29) is 0 Å². The van der Waals surface area contributed by atoms with Gasteiger partial charge in [-0.25, -0.2) is 4.98 Å². The summed E-state index contributed by atoms with van der Waals surface area (Å²) in [5, 5.41) is 2.16. The molecule has 2 N–H and O–H groups in total. The highest BCUT2D eigenvalue weighted by Gasteiger charge is 2.04. The standard InChI is InChI=1S/C10H9ClN2O/c1-14-6-2-3-7-8(4-6)9(12)5-13-10(7)11/h2-5H,12H2,1H3. The number of methoxy groups -OCH3 is 1. The zero-order chi connectivity index (χ0) is 10.1. The predicted octanol–water partition coefficient (Wildman–Crippen LogP) is 2.48. The van der Waals surface area contributed by atoms with E-state index in [4.69, 9.17) is 22.1 Å². The molecule has 1 aromatic heterocycles. The van der Waals surface area contributed by atoms with Crippen LogP contribution in [0.3, 0.4) is 0 Å². The number of fused-ring (bicyclic) bond motifs is 1. The second-order valence-corrected chi connectivity index (χ2v) is 3.27. The molecule has 0 fully saturated rings. The molecule has 14 heavy (non-hydrogen) atoms. The van der Waals surface area contributed by atoms with Crippen LogP contribution in [-0.4, -0.2) is 12.1 Å². The number of hydrogen-bond donors (Lipinski definition) is 1. The van der Waals surface area contributed by atoms with E-state index < -0.39 is 0 Å². The summed E-state index contributed by atoms with van der Waals surface area (Å²) in [4.78, 5) is 3.96. The zero-order valence-corrected chi connectivity index (χ0v) is 8.38. The highest BCUT2D eigenvalue weighted by atomic mass is 35.5. The van der Waals surface area contributed by atoms with Crippen LogP contribution in [0.5, 0.6) is 5.75 Å². The van der Waals surface area contributed by atoms with Gasteiger partial charge in [-0.1, -0.05) is 11.6 Å². The zero-order valence-electron chi connectivity index (χ0n) is 7.62. The van der Waals surface area contributed by atoms with Crippen LogP contribution in [0.4, 0.5) is 5.69 Å². The lowest BCUT2D eigenvalue weighted by molar-refractivity contribution is 0.415. The lowest BCUT2D eigenvalue weighted by Crippen LogP contribution is -1.91. The number of pyridine rings is 1. The summed E-state index contributed by atoms with van der Waals surface area (Å²) in [5.41, 5.74) is 6.37. The Morgan fingerprint density at radius 1 is 1.36 bits per heavy atom. The quantitative estimate of drug-likeness (QED) is 0.733. The molecule has 0 aliphatic rings. The molecule has 0 saturated carbocycles. The summed E-state index contributed by atoms with van der Waals surface area (Å²) in [5.74, 6) is 0.756. The van der Waals surface area contributed by atoms with Crippen LogP contribution in [0, 0.1) is 0 Å². The van der Waals surface area contributed by atoms with E-state index in [1.54, 1.807) is 13.3 Å². The van der Waals surface area contributed by atoms with Gasteiger partial charge in [-0.3, -0.25) is 0 Å². The largest absolute Gasteiger partial charge is 0.497 e. The van der Waals surface area contributed by atoms with Crippen molar-refractivity contribution in [3.63, 3.8) is 0 Å². The average molecular weight is 209 g/mol. The molecule has 0 amide bonds. The van der Waals surface area contributed by atoms with Crippen molar-refractivity contribution >= 4 is 28.1 Å². The van der Waals surface area contributed by atoms with Gasteiger partial charge in [0.1, 0.15) is 10.9 Å². The van der Waals surface area contributed by atoms with Crippen molar-refractivity contribution in [3.05, 3.63) is 29.5 Å². The van der Waals surface area contributed by atoms with Gasteiger partial charge in [0, 0.05) is 10.8 Å². The van der Waals surface area contributed by atoms with Crippen molar-refractivity contribution in [1.29, 1.82) is 0 Å². The number of halogens is 1. The summed E-state index contributed by atoms with van der Waals surface area (Å²) >= 11 is 5.92. The molecule has 0 unspecified atom stereocenters. The van der Waals surface area contributed by atoms with Gasteiger partial charge in [-0.05, 0) is 18.2 Å². The van der Waals surface area contributed by atoms with Gasteiger partial charge in [-0.15, -0.1) is 0 Å². The van der Waals surface area contributed by atoms with Gasteiger partial charge in [0.2, 0.25) is 0 Å². The first-order valence-electron chi connectivity index (χ1n) is 4.10. The summed E-state index contributed by atoms with van der Waals surface area (Å²) in [7, 11) is 1.61. The van der Waals surface area contributed by atoms with Crippen LogP contribution in [0.1, 0.15) is 0 Å². The molecule has 0 aliphatic heterocycles. The molecule has 0 aliphatic carbocycles. The van der Waals surface area contributed by atoms with E-state index >= 15 is 0 Å². The number of anilines is 1. The third-order valence-corrected chi connectivity index (χ3v) is 2.38. The maximum Gasteiger partial charge on any atom is 0.136 e. The van der Waals surface area contributed by atoms with Crippen molar-refractivity contribution in [2.45, 2.75) is 0 Å². The van der Waals surface area contributed by atoms with E-state index in [9.17, 15) is 0 Å². The fourth-order valence-corrected chi connectivity index (χ4v) is 1.55. The fourth-order valence-electron chi connectivity index (χ4n) is 1.33. The third-order valence-electron chi connectivity index (χ3n) is 2.08. The predicted molar refractivity (Wildman–Crippen MR) is 57.7 cm³/mol. The fraction of sp³-hybridized carbons (Fsp3) is 0.100. The number of ether oxygens (including phenoxy) is 1. The van der Waals surface area contributed by atoms with E-state index in [2.05, 4.69) is 4.98 Å². The van der Waals surface area contributed by atoms with Gasteiger partial charge in [0.15, 0.2) is 0 Å². The molecule has 0 radical (unpaired) electrons. The van der Waals surface area contributed by atoms with E-state index in [0.29, 0.717) is 10.8 Å². The second kappa shape index (κ2) is 3.35. The van der Waals surface area contributed by atoms with E-state index in [0.717, 1.165) is 16.5 Å². The Hall–Kier alpha value is -1.48. The van der Waals surface area contributed by atoms with Gasteiger partial charge < -0.3 is 10.5 Å². The maximum absolute atomic E-state index is 5.92. The first-order chi connectivity index (χ1) is 6.72. The Morgan fingerprint density at radius 2 is 2.14 bits per heavy atom. The number of benzene rings is 1. The maximum atomic E-state index is 5.92. The smallest absolute Gasteiger partial charge is 0.136 e. The molecule has 0 saturated heterocycles. The minimum atomic E-state index is 0.455. The summed E-state index contributed by atoms with van der Waals surface area (Å²) in [6.07, 6.45) is 1.55. The van der Waals surface area contributed by atoms with Crippen LogP contribution in [-0.2, 0) is 0 Å². The number of hydrogen-bond acceptors (Lipinski definition) is 3. The van der Waals surface area contributed by atoms with E-state index in [1.165, 1.54) is 0 Å². The molecular weight excluding hydrogens is 200 g/mol. The highest BCUT2D eigenvalue weighted by Crippen LogP contribution is 2.29. The molecule has 72 valence electrons. The molecule has 0 bridgehead atoms. The monoisotopic (exact) mass is 208 g/mol. The van der Waals surface area contributed by atoms with Gasteiger partial charge in [-0.2, -0.15) is 0 Å². The Balaban J connectivity index is 2.80. The van der Waals surface area contributed by atoms with E-state index in [1.807, 2.05) is 18.2 Å². The van der Waals surface area contributed by atoms with Crippen molar-refractivity contribution in [2.75, 3.05) is 12.8 Å². The number of rotatable bonds is 1. The lowest BCUT2D eigenvalue weighted by Gasteiger charge is -2.05. The number of aromatic nitrogens is 1. The Morgan fingerprint density at radius 3 is 2.86 bits per heavy atom. The minimum absolute atomic E-state index is 0.455. The normalized spacial score (nSPS) is 10.4. The van der Waals surface area contributed by atoms with Crippen LogP contribution >= 0.6 is 11.6 Å². The van der Waals surface area contributed by atoms with Crippen LogP contribution in [0.25, 0.3) is 10.8 Å². The second-order valence-electron chi connectivity index (χ2n) is 2.92. The number of nitrogen functional groups attached to an aromatic ring is 1. The molecule has 3 nitrogen and oxygen atoms in total. The van der Waals surface area contributed by atoms with Crippen molar-refractivity contribution in [1.82, 2.24) is 4.98 Å². The first kappa shape index (κ1) is 9.09. The van der Waals surface area contributed by atoms with Gasteiger partial charge in [0.25, 0.3) is 0 Å². The van der Waals surface area contributed by atoms with Gasteiger partial charge in [0.05, 0.1) is 19.0 Å². The topological polar surface area (TPSA) is 48.1 Å². The minimum Gasteiger partial charge on any atom is -0.497 e. The Labute approximate surface area is 86.5 Å². The third kappa shape index (κ3) is 1.36. The first-order valence-corrected chi connectivity index (χ1v) is 4.48. The average Bonchev–Trinajstić information content (AvgIpc) is 2.23. The van der Waals surface area contributed by atoms with Crippen LogP contribution < -0.4 is 10.5 Å². The number of nitrogens with zero attached hydrogens (tertiary/aromatic N) is 1. The molecule has 4 heteroatoms. The molecule has 0 atom stereocenters. The molecule has 0 spiro atoms. The van der Waals surface area contributed by atoms with Crippen molar-refractivity contribution in [2.24, 2.45) is 0 Å². The van der Waals surface area contributed by atoms with Crippen LogP contribution in [0.15, 0.2) is 24.4 Å². The summed E-state index contributed by atoms with van der Waals surface area (Å²) in [6.45, 7) is 0. The molecular formula is C10H9ClN2O. The summed E-state index contributed by atoms with van der Waals surface area (Å²) < 4.78 is 5.10. The molecule has 1 heterocycles. The SMILES string of the molecule is COc1ccc2c(Cl)ncc(N)c2c1. The Kier molecular flexibility index (Phi) is 2.17. The highest BCUT2D eigenvalue weighted by molar-refractivity contribution is 6.34. The van der Waals surface area contributed by atoms with Crippen LogP contribution in [0.2, 0.25) is 5.15 Å². The van der Waals surface area contributed by atoms with Crippen molar-refractivity contribution < 1.29 is 4.74 Å². The lowest BCUT2D eigenvalue weighted by atomic mass is 10.1. The molecule has 2 rings (SSSR count). The Bertz CT molecular complexity index is 485. The van der Waals surface area contributed by atoms with Gasteiger partial charge >= 0.3 is 0 Å². The summed E-state index contributed by atoms with van der Waals surface area (Å²) in [6, 6.07) is 5.52. The molecule has 2 aromatic rings. The molecule has 1 aromatic carbocycles. The number of nitrogens with two attached hydrogens (primary N) is 1. The van der Waals surface area contributed by atoms with Crippen molar-refractivity contribution in [3.8, 4) is 5.75 Å².